The summed E-state index contributed by atoms with van der Waals surface area (Å²) in [5.74, 6) is -1.72. The number of nitrogens with zero attached hydrogens (tertiary/aromatic N) is 1. The van der Waals surface area contributed by atoms with Gasteiger partial charge < -0.3 is 14.6 Å². The maximum Gasteiger partial charge on any atom is 0.312 e. The van der Waals surface area contributed by atoms with E-state index >= 15 is 0 Å². The Kier molecular flexibility index (Phi) is 7.76. The van der Waals surface area contributed by atoms with Gasteiger partial charge in [-0.05, 0) is 55.2 Å². The van der Waals surface area contributed by atoms with Crippen LogP contribution in [0.2, 0.25) is 10.0 Å². The number of carboxylic acids is 1. The molecule has 4 rings (SSSR count). The number of Topliss-reactive ketones (excluding diaryl/α,β-unsaturated/α-hetero) is 1. The number of ketones is 1. The number of halogens is 2. The van der Waals surface area contributed by atoms with Gasteiger partial charge in [-0.25, -0.2) is 0 Å². The summed E-state index contributed by atoms with van der Waals surface area (Å²) < 4.78 is 11.3. The molecular weight excluding hydrogens is 509 g/mol. The molecule has 36 heavy (non-hydrogen) atoms. The normalized spacial score (nSPS) is 14.4. The van der Waals surface area contributed by atoms with E-state index < -0.39 is 22.5 Å². The number of nitro benzene ring substituents is 1. The Morgan fingerprint density at radius 1 is 1.08 bits per heavy atom. The Balaban J connectivity index is 1.50. The Morgan fingerprint density at radius 3 is 2.53 bits per heavy atom. The van der Waals surface area contributed by atoms with Crippen molar-refractivity contribution < 1.29 is 29.1 Å². The highest BCUT2D eigenvalue weighted by molar-refractivity contribution is 6.32. The fourth-order valence-corrected chi connectivity index (χ4v) is 4.35. The summed E-state index contributed by atoms with van der Waals surface area (Å²) in [7, 11) is 0. The molecule has 1 aliphatic rings. The number of benzene rings is 3. The van der Waals surface area contributed by atoms with Gasteiger partial charge in [0.1, 0.15) is 11.5 Å². The van der Waals surface area contributed by atoms with Gasteiger partial charge in [0.25, 0.3) is 0 Å². The number of aryl methyl sites for hydroxylation is 1. The van der Waals surface area contributed by atoms with Gasteiger partial charge in [0.2, 0.25) is 5.75 Å². The maximum absolute atomic E-state index is 12.7. The molecule has 0 spiro atoms. The first-order valence-electron chi connectivity index (χ1n) is 11.2. The molecule has 0 aliphatic carbocycles. The monoisotopic (exact) mass is 529 g/mol. The van der Waals surface area contributed by atoms with Gasteiger partial charge >= 0.3 is 11.7 Å². The van der Waals surface area contributed by atoms with E-state index in [0.717, 1.165) is 5.56 Å². The van der Waals surface area contributed by atoms with Crippen molar-refractivity contribution in [1.82, 2.24) is 0 Å². The third-order valence-electron chi connectivity index (χ3n) is 5.88. The van der Waals surface area contributed by atoms with E-state index in [9.17, 15) is 24.8 Å². The molecule has 3 aromatic carbocycles. The van der Waals surface area contributed by atoms with Crippen LogP contribution in [0.4, 0.5) is 5.69 Å². The second-order valence-corrected chi connectivity index (χ2v) is 9.14. The van der Waals surface area contributed by atoms with Crippen LogP contribution in [-0.2, 0) is 11.2 Å². The van der Waals surface area contributed by atoms with Crippen molar-refractivity contribution in [2.24, 2.45) is 0 Å². The average Bonchev–Trinajstić information content (AvgIpc) is 2.85. The van der Waals surface area contributed by atoms with Gasteiger partial charge in [-0.15, -0.1) is 0 Å². The van der Waals surface area contributed by atoms with E-state index in [2.05, 4.69) is 0 Å². The number of nitro groups is 1. The SMILES string of the molecule is O=C(CCCc1ccc(Cl)cc1)c1ccc(Oc2cc3c(cc2Cl)C(C(=O)O)CCO3)c([N+](=O)[O-])c1. The number of rotatable bonds is 9. The molecule has 10 heteroatoms. The molecule has 0 aromatic heterocycles. The predicted molar refractivity (Wildman–Crippen MR) is 134 cm³/mol. The molecule has 1 aliphatic heterocycles. The molecule has 1 N–H and O–H groups in total. The van der Waals surface area contributed by atoms with Gasteiger partial charge in [-0.2, -0.15) is 0 Å². The number of carboxylic acid groups (broad SMARTS) is 1. The molecule has 0 radical (unpaired) electrons. The summed E-state index contributed by atoms with van der Waals surface area (Å²) in [5.41, 5.74) is 1.27. The summed E-state index contributed by atoms with van der Waals surface area (Å²) in [6.45, 7) is 0.208. The van der Waals surface area contributed by atoms with Gasteiger partial charge in [0.15, 0.2) is 5.78 Å². The first-order valence-corrected chi connectivity index (χ1v) is 11.9. The molecule has 186 valence electrons. The van der Waals surface area contributed by atoms with Crippen molar-refractivity contribution in [2.45, 2.75) is 31.6 Å². The molecule has 1 heterocycles. The number of hydrogen-bond acceptors (Lipinski definition) is 6. The van der Waals surface area contributed by atoms with E-state index in [0.29, 0.717) is 35.6 Å². The molecule has 8 nitrogen and oxygen atoms in total. The smallest absolute Gasteiger partial charge is 0.312 e. The van der Waals surface area contributed by atoms with Crippen LogP contribution in [-0.4, -0.2) is 28.4 Å². The van der Waals surface area contributed by atoms with Crippen LogP contribution in [0, 0.1) is 10.1 Å². The highest BCUT2D eigenvalue weighted by atomic mass is 35.5. The quantitative estimate of drug-likeness (QED) is 0.183. The number of carbonyl (C=O) groups is 2. The van der Waals surface area contributed by atoms with Gasteiger partial charge in [0.05, 0.1) is 22.5 Å². The Labute approximate surface area is 216 Å². The number of aliphatic carboxylic acids is 1. The first-order chi connectivity index (χ1) is 17.2. The Morgan fingerprint density at radius 2 is 1.83 bits per heavy atom. The van der Waals surface area contributed by atoms with Crippen molar-refractivity contribution in [3.8, 4) is 17.2 Å². The highest BCUT2D eigenvalue weighted by Gasteiger charge is 2.29. The lowest BCUT2D eigenvalue weighted by atomic mass is 9.93. The van der Waals surface area contributed by atoms with Gasteiger partial charge in [-0.3, -0.25) is 19.7 Å². The molecule has 1 unspecified atom stereocenters. The zero-order valence-electron chi connectivity index (χ0n) is 18.9. The maximum atomic E-state index is 12.7. The Hall–Kier alpha value is -3.62. The molecule has 1 atom stereocenters. The van der Waals surface area contributed by atoms with E-state index in [1.165, 1.54) is 30.3 Å². The fourth-order valence-electron chi connectivity index (χ4n) is 4.01. The van der Waals surface area contributed by atoms with Crippen LogP contribution in [0.1, 0.15) is 46.7 Å². The average molecular weight is 530 g/mol. The molecular formula is C26H21Cl2NO7. The van der Waals surface area contributed by atoms with Gasteiger partial charge in [-0.1, -0.05) is 35.3 Å². The van der Waals surface area contributed by atoms with E-state index in [4.69, 9.17) is 32.7 Å². The van der Waals surface area contributed by atoms with Crippen molar-refractivity contribution in [3.05, 3.63) is 91.4 Å². The van der Waals surface area contributed by atoms with Gasteiger partial charge in [0, 0.05) is 34.7 Å². The predicted octanol–water partition coefficient (Wildman–Crippen LogP) is 6.85. The fraction of sp³-hybridized carbons (Fsp3) is 0.231. The molecule has 0 amide bonds. The minimum atomic E-state index is -0.992. The molecule has 0 fully saturated rings. The second-order valence-electron chi connectivity index (χ2n) is 8.29. The van der Waals surface area contributed by atoms with E-state index in [1.54, 1.807) is 12.1 Å². The lowest BCUT2D eigenvalue weighted by Gasteiger charge is -2.24. The van der Waals surface area contributed by atoms with E-state index in [-0.39, 0.29) is 40.9 Å². The van der Waals surface area contributed by atoms with Crippen LogP contribution in [0.25, 0.3) is 0 Å². The minimum Gasteiger partial charge on any atom is -0.493 e. The molecule has 0 saturated heterocycles. The summed E-state index contributed by atoms with van der Waals surface area (Å²) >= 11 is 12.2. The second kappa shape index (κ2) is 11.0. The number of fused-ring (bicyclic) bond motifs is 1. The zero-order valence-corrected chi connectivity index (χ0v) is 20.4. The summed E-state index contributed by atoms with van der Waals surface area (Å²) in [4.78, 5) is 35.3. The standard InChI is InChI=1S/C26H21Cl2NO7/c27-17-7-4-15(5-8-17)2-1-3-22(30)16-6-9-23(21(12-16)29(33)34)36-25-14-24-19(13-20(25)28)18(26(31)32)10-11-35-24/h4-9,12-14,18H,1-3,10-11H2,(H,31,32). The van der Waals surface area contributed by atoms with Crippen molar-refractivity contribution in [3.63, 3.8) is 0 Å². The largest absolute Gasteiger partial charge is 0.493 e. The third kappa shape index (κ3) is 5.78. The topological polar surface area (TPSA) is 116 Å². The molecule has 0 saturated carbocycles. The third-order valence-corrected chi connectivity index (χ3v) is 6.43. The van der Waals surface area contributed by atoms with Crippen LogP contribution >= 0.6 is 23.2 Å². The zero-order chi connectivity index (χ0) is 25.8. The van der Waals surface area contributed by atoms with Crippen molar-refractivity contribution in [2.75, 3.05) is 6.61 Å². The lowest BCUT2D eigenvalue weighted by Crippen LogP contribution is -2.20. The number of ether oxygens (including phenoxy) is 2. The van der Waals surface area contributed by atoms with Crippen LogP contribution in [0.3, 0.4) is 0 Å². The Bertz CT molecular complexity index is 1320. The summed E-state index contributed by atoms with van der Waals surface area (Å²) in [6.07, 6.45) is 1.78. The molecule has 3 aromatic rings. The van der Waals surface area contributed by atoms with Crippen molar-refractivity contribution in [1.29, 1.82) is 0 Å². The van der Waals surface area contributed by atoms with Crippen LogP contribution < -0.4 is 9.47 Å². The van der Waals surface area contributed by atoms with Crippen LogP contribution in [0.15, 0.2) is 54.6 Å². The summed E-state index contributed by atoms with van der Waals surface area (Å²) in [6, 6.07) is 14.2. The van der Waals surface area contributed by atoms with Crippen LogP contribution in [0.5, 0.6) is 17.2 Å². The lowest BCUT2D eigenvalue weighted by molar-refractivity contribution is -0.385. The number of carbonyl (C=O) groups excluding carboxylic acids is 1. The number of hydrogen-bond donors (Lipinski definition) is 1. The highest BCUT2D eigenvalue weighted by Crippen LogP contribution is 2.43. The minimum absolute atomic E-state index is 0.0756. The van der Waals surface area contributed by atoms with E-state index in [1.807, 2.05) is 12.1 Å². The first kappa shape index (κ1) is 25.5. The molecule has 0 bridgehead atoms. The summed E-state index contributed by atoms with van der Waals surface area (Å²) in [5, 5.41) is 21.9. The van der Waals surface area contributed by atoms with Crippen molar-refractivity contribution >= 4 is 40.6 Å².